The predicted octanol–water partition coefficient (Wildman–Crippen LogP) is 5.65. The van der Waals surface area contributed by atoms with Crippen molar-refractivity contribution in [2.45, 2.75) is 31.9 Å². The summed E-state index contributed by atoms with van der Waals surface area (Å²) >= 11 is 0. The zero-order valence-corrected chi connectivity index (χ0v) is 17.5. The number of amides is 1. The minimum absolute atomic E-state index is 0.0629. The topological polar surface area (TPSA) is 54.5 Å². The van der Waals surface area contributed by atoms with Gasteiger partial charge in [-0.05, 0) is 49.2 Å². The highest BCUT2D eigenvalue weighted by Gasteiger charge is 2.30. The molecular weight excluding hydrogens is 419 g/mol. The summed E-state index contributed by atoms with van der Waals surface area (Å²) < 4.78 is 44.3. The Morgan fingerprint density at radius 3 is 2.50 bits per heavy atom. The van der Waals surface area contributed by atoms with Gasteiger partial charge in [-0.3, -0.25) is 4.79 Å². The molecule has 1 fully saturated rings. The van der Waals surface area contributed by atoms with Crippen LogP contribution in [0.15, 0.2) is 54.6 Å². The molecule has 168 valence electrons. The van der Waals surface area contributed by atoms with Crippen LogP contribution in [0.1, 0.15) is 31.2 Å². The van der Waals surface area contributed by atoms with Gasteiger partial charge in [-0.15, -0.1) is 0 Å². The van der Waals surface area contributed by atoms with Crippen LogP contribution in [0, 0.1) is 0 Å². The van der Waals surface area contributed by atoms with Gasteiger partial charge in [-0.2, -0.15) is 13.2 Å². The Morgan fingerprint density at radius 2 is 1.75 bits per heavy atom. The molecule has 1 aliphatic rings. The number of fused-ring (bicyclic) bond motifs is 1. The first-order chi connectivity index (χ1) is 15.4. The van der Waals surface area contributed by atoms with Crippen LogP contribution in [0.25, 0.3) is 10.9 Å². The molecule has 0 aliphatic carbocycles. The summed E-state index contributed by atoms with van der Waals surface area (Å²) in [5, 5.41) is 3.34. The van der Waals surface area contributed by atoms with Crippen molar-refractivity contribution >= 4 is 28.3 Å². The number of hydrogen-bond acceptors (Lipinski definition) is 4. The molecule has 1 amide bonds. The Balaban J connectivity index is 1.47. The lowest BCUT2D eigenvalue weighted by molar-refractivity contribution is -0.137. The zero-order valence-electron chi connectivity index (χ0n) is 17.5. The molecule has 5 nitrogen and oxygen atoms in total. The number of pyridine rings is 1. The monoisotopic (exact) mass is 443 g/mol. The smallest absolute Gasteiger partial charge is 0.416 e. The largest absolute Gasteiger partial charge is 0.481 e. The molecule has 2 aromatic carbocycles. The molecular formula is C24H24F3N3O2. The van der Waals surface area contributed by atoms with E-state index in [4.69, 9.17) is 9.72 Å². The second kappa shape index (κ2) is 9.46. The molecule has 0 atom stereocenters. The Morgan fingerprint density at radius 1 is 1.00 bits per heavy atom. The van der Waals surface area contributed by atoms with E-state index in [0.717, 1.165) is 49.3 Å². The lowest BCUT2D eigenvalue weighted by Gasteiger charge is -2.22. The third-order valence-electron chi connectivity index (χ3n) is 5.43. The number of hydrogen-bond donors (Lipinski definition) is 1. The number of halogens is 3. The van der Waals surface area contributed by atoms with Crippen LogP contribution in [-0.2, 0) is 11.0 Å². The van der Waals surface area contributed by atoms with Crippen LogP contribution in [0.4, 0.5) is 24.7 Å². The van der Waals surface area contributed by atoms with E-state index in [1.54, 1.807) is 6.07 Å². The van der Waals surface area contributed by atoms with Gasteiger partial charge in [0.1, 0.15) is 17.1 Å². The maximum Gasteiger partial charge on any atom is 0.416 e. The highest BCUT2D eigenvalue weighted by molar-refractivity contribution is 5.92. The molecule has 0 radical (unpaired) electrons. The van der Waals surface area contributed by atoms with Crippen molar-refractivity contribution in [3.05, 3.63) is 60.2 Å². The van der Waals surface area contributed by atoms with Crippen molar-refractivity contribution in [2.24, 2.45) is 0 Å². The number of carbonyl (C=O) groups is 1. The van der Waals surface area contributed by atoms with Crippen LogP contribution < -0.4 is 15.0 Å². The second-order valence-corrected chi connectivity index (χ2v) is 7.81. The minimum atomic E-state index is -4.48. The molecule has 1 aliphatic heterocycles. The quantitative estimate of drug-likeness (QED) is 0.554. The summed E-state index contributed by atoms with van der Waals surface area (Å²) in [4.78, 5) is 19.3. The number of alkyl halides is 3. The fraction of sp³-hybridized carbons (Fsp3) is 0.333. The molecule has 1 saturated heterocycles. The van der Waals surface area contributed by atoms with Gasteiger partial charge in [0.05, 0.1) is 5.56 Å². The summed E-state index contributed by atoms with van der Waals surface area (Å²) in [6, 6.07) is 14.0. The van der Waals surface area contributed by atoms with Crippen LogP contribution in [-0.4, -0.2) is 30.6 Å². The third-order valence-corrected chi connectivity index (χ3v) is 5.43. The Hall–Kier alpha value is -3.29. The lowest BCUT2D eigenvalue weighted by Crippen LogP contribution is -2.24. The first kappa shape index (κ1) is 21.9. The van der Waals surface area contributed by atoms with Gasteiger partial charge in [0.2, 0.25) is 0 Å². The maximum atomic E-state index is 12.9. The van der Waals surface area contributed by atoms with E-state index in [1.807, 2.05) is 24.3 Å². The lowest BCUT2D eigenvalue weighted by atomic mass is 10.2. The van der Waals surface area contributed by atoms with Crippen LogP contribution in [0.3, 0.4) is 0 Å². The van der Waals surface area contributed by atoms with E-state index in [-0.39, 0.29) is 12.3 Å². The van der Waals surface area contributed by atoms with E-state index in [0.29, 0.717) is 11.3 Å². The summed E-state index contributed by atoms with van der Waals surface area (Å²) in [5.41, 5.74) is -0.107. The molecule has 3 aromatic rings. The van der Waals surface area contributed by atoms with Crippen LogP contribution in [0.2, 0.25) is 0 Å². The van der Waals surface area contributed by atoms with E-state index in [2.05, 4.69) is 10.2 Å². The average molecular weight is 443 g/mol. The Bertz CT molecular complexity index is 1090. The number of anilines is 2. The molecule has 1 aromatic heterocycles. The molecule has 0 saturated carbocycles. The molecule has 0 bridgehead atoms. The SMILES string of the molecule is O=C(COc1cccc2ccc(N3CCCCCC3)nc12)Nc1cccc(C(F)(F)F)c1. The Kier molecular flexibility index (Phi) is 6.48. The van der Waals surface area contributed by atoms with Gasteiger partial charge < -0.3 is 15.0 Å². The first-order valence-electron chi connectivity index (χ1n) is 10.6. The van der Waals surface area contributed by atoms with Gasteiger partial charge in [0.25, 0.3) is 5.91 Å². The van der Waals surface area contributed by atoms with Gasteiger partial charge in [-0.1, -0.05) is 31.0 Å². The van der Waals surface area contributed by atoms with Crippen molar-refractivity contribution in [1.82, 2.24) is 4.98 Å². The molecule has 4 rings (SSSR count). The summed E-state index contributed by atoms with van der Waals surface area (Å²) in [5.74, 6) is 0.784. The molecule has 0 spiro atoms. The van der Waals surface area contributed by atoms with Crippen molar-refractivity contribution in [3.8, 4) is 5.75 Å². The predicted molar refractivity (Wildman–Crippen MR) is 118 cm³/mol. The van der Waals surface area contributed by atoms with E-state index in [9.17, 15) is 18.0 Å². The number of benzene rings is 2. The summed E-state index contributed by atoms with van der Waals surface area (Å²) in [7, 11) is 0. The molecule has 0 unspecified atom stereocenters. The molecule has 32 heavy (non-hydrogen) atoms. The second-order valence-electron chi connectivity index (χ2n) is 7.81. The van der Waals surface area contributed by atoms with Gasteiger partial charge in [0.15, 0.2) is 6.61 Å². The number of carbonyl (C=O) groups excluding carboxylic acids is 1. The fourth-order valence-electron chi connectivity index (χ4n) is 3.82. The van der Waals surface area contributed by atoms with Crippen LogP contribution >= 0.6 is 0 Å². The number of nitrogens with one attached hydrogen (secondary N) is 1. The minimum Gasteiger partial charge on any atom is -0.481 e. The highest BCUT2D eigenvalue weighted by Crippen LogP contribution is 2.31. The third kappa shape index (κ3) is 5.30. The van der Waals surface area contributed by atoms with Crippen molar-refractivity contribution in [3.63, 3.8) is 0 Å². The number of nitrogens with zero attached hydrogens (tertiary/aromatic N) is 2. The van der Waals surface area contributed by atoms with Gasteiger partial charge in [-0.25, -0.2) is 4.98 Å². The fourth-order valence-corrected chi connectivity index (χ4v) is 3.82. The van der Waals surface area contributed by atoms with Crippen molar-refractivity contribution < 1.29 is 22.7 Å². The van der Waals surface area contributed by atoms with Crippen molar-refractivity contribution in [1.29, 1.82) is 0 Å². The summed E-state index contributed by atoms with van der Waals surface area (Å²) in [6.07, 6.45) is 0.233. The van der Waals surface area contributed by atoms with Gasteiger partial charge in [0, 0.05) is 24.2 Å². The molecule has 2 heterocycles. The summed E-state index contributed by atoms with van der Waals surface area (Å²) in [6.45, 7) is 1.58. The molecule has 1 N–H and O–H groups in total. The van der Waals surface area contributed by atoms with Gasteiger partial charge >= 0.3 is 6.18 Å². The van der Waals surface area contributed by atoms with Crippen molar-refractivity contribution in [2.75, 3.05) is 29.9 Å². The maximum absolute atomic E-state index is 12.9. The number of ether oxygens (including phenoxy) is 1. The number of aromatic nitrogens is 1. The van der Waals surface area contributed by atoms with E-state index < -0.39 is 17.6 Å². The highest BCUT2D eigenvalue weighted by atomic mass is 19.4. The molecule has 8 heteroatoms. The Labute approximate surface area is 184 Å². The zero-order chi connectivity index (χ0) is 22.6. The standard InChI is InChI=1S/C24H24F3N3O2/c25-24(26,27)18-8-6-9-19(15-18)28-22(31)16-32-20-10-5-7-17-11-12-21(29-23(17)20)30-13-3-1-2-4-14-30/h5-12,15H,1-4,13-14,16H2,(H,28,31). The van der Waals surface area contributed by atoms with E-state index >= 15 is 0 Å². The average Bonchev–Trinajstić information content (AvgIpc) is 3.06. The number of rotatable bonds is 5. The first-order valence-corrected chi connectivity index (χ1v) is 10.6. The van der Waals surface area contributed by atoms with Crippen LogP contribution in [0.5, 0.6) is 5.75 Å². The number of para-hydroxylation sites is 1. The normalized spacial score (nSPS) is 14.8. The van der Waals surface area contributed by atoms with E-state index in [1.165, 1.54) is 25.0 Å².